The van der Waals surface area contributed by atoms with Gasteiger partial charge in [-0.2, -0.15) is 0 Å². The zero-order valence-electron chi connectivity index (χ0n) is 11.9. The van der Waals surface area contributed by atoms with E-state index in [0.717, 1.165) is 31.0 Å². The molecule has 2 aromatic carbocycles. The van der Waals surface area contributed by atoms with Gasteiger partial charge in [-0.15, -0.1) is 0 Å². The molecule has 0 spiro atoms. The van der Waals surface area contributed by atoms with Crippen LogP contribution in [-0.2, 0) is 6.54 Å². The minimum atomic E-state index is 0.712. The predicted octanol–water partition coefficient (Wildman–Crippen LogP) is 3.99. The Balaban J connectivity index is 1.40. The number of furan rings is 1. The molecule has 0 fully saturated rings. The molecule has 0 atom stereocenters. The lowest BCUT2D eigenvalue weighted by molar-refractivity contribution is 0.307. The number of fused-ring (bicyclic) bond motifs is 1. The molecule has 0 bridgehead atoms. The first-order valence-electron chi connectivity index (χ1n) is 7.26. The molecule has 0 radical (unpaired) electrons. The van der Waals surface area contributed by atoms with E-state index in [2.05, 4.69) is 29.6 Å². The zero-order valence-corrected chi connectivity index (χ0v) is 11.9. The second-order valence-corrected chi connectivity index (χ2v) is 4.97. The maximum absolute atomic E-state index is 5.79. The van der Waals surface area contributed by atoms with Gasteiger partial charge in [0.2, 0.25) is 0 Å². The third-order valence-electron chi connectivity index (χ3n) is 3.37. The van der Waals surface area contributed by atoms with E-state index >= 15 is 0 Å². The molecule has 0 saturated carbocycles. The van der Waals surface area contributed by atoms with Crippen molar-refractivity contribution in [1.29, 1.82) is 0 Å². The molecule has 1 aromatic heterocycles. The van der Waals surface area contributed by atoms with Crippen molar-refractivity contribution in [2.24, 2.45) is 0 Å². The number of nitrogens with one attached hydrogen (secondary N) is 1. The van der Waals surface area contributed by atoms with E-state index in [1.54, 1.807) is 6.26 Å². The largest absolute Gasteiger partial charge is 0.494 e. The first-order valence-corrected chi connectivity index (χ1v) is 7.26. The quantitative estimate of drug-likeness (QED) is 0.665. The number of ether oxygens (including phenoxy) is 1. The summed E-state index contributed by atoms with van der Waals surface area (Å²) in [4.78, 5) is 0. The second kappa shape index (κ2) is 6.95. The molecule has 0 aliphatic heterocycles. The monoisotopic (exact) mass is 281 g/mol. The van der Waals surface area contributed by atoms with E-state index in [1.807, 2.05) is 30.3 Å². The third-order valence-corrected chi connectivity index (χ3v) is 3.37. The Bertz CT molecular complexity index is 677. The van der Waals surface area contributed by atoms with Crippen LogP contribution in [0.25, 0.3) is 10.8 Å². The summed E-state index contributed by atoms with van der Waals surface area (Å²) in [5.41, 5.74) is 0. The summed E-state index contributed by atoms with van der Waals surface area (Å²) >= 11 is 0. The maximum Gasteiger partial charge on any atom is 0.119 e. The summed E-state index contributed by atoms with van der Waals surface area (Å²) < 4.78 is 11.0. The highest BCUT2D eigenvalue weighted by Gasteiger charge is 1.98. The Morgan fingerprint density at radius 2 is 1.86 bits per heavy atom. The lowest BCUT2D eigenvalue weighted by Crippen LogP contribution is -2.16. The normalized spacial score (nSPS) is 10.9. The van der Waals surface area contributed by atoms with Crippen LogP contribution in [0.1, 0.15) is 12.2 Å². The number of benzene rings is 2. The summed E-state index contributed by atoms with van der Waals surface area (Å²) in [5.74, 6) is 1.89. The van der Waals surface area contributed by atoms with Gasteiger partial charge >= 0.3 is 0 Å². The Kier molecular flexibility index (Phi) is 4.54. The van der Waals surface area contributed by atoms with Gasteiger partial charge in [0.15, 0.2) is 0 Å². The Hall–Kier alpha value is -2.26. The van der Waals surface area contributed by atoms with Gasteiger partial charge in [-0.3, -0.25) is 0 Å². The van der Waals surface area contributed by atoms with Crippen LogP contribution in [0.4, 0.5) is 0 Å². The van der Waals surface area contributed by atoms with Crippen LogP contribution in [0.3, 0.4) is 0 Å². The molecule has 3 rings (SSSR count). The smallest absolute Gasteiger partial charge is 0.119 e. The molecule has 3 nitrogen and oxygen atoms in total. The highest BCUT2D eigenvalue weighted by Crippen LogP contribution is 2.20. The van der Waals surface area contributed by atoms with E-state index in [4.69, 9.17) is 9.15 Å². The van der Waals surface area contributed by atoms with Crippen LogP contribution in [0.2, 0.25) is 0 Å². The molecule has 108 valence electrons. The van der Waals surface area contributed by atoms with Gasteiger partial charge in [0, 0.05) is 0 Å². The van der Waals surface area contributed by atoms with E-state index in [1.165, 1.54) is 10.8 Å². The van der Waals surface area contributed by atoms with Gasteiger partial charge in [0.1, 0.15) is 11.5 Å². The van der Waals surface area contributed by atoms with Gasteiger partial charge in [0.05, 0.1) is 19.4 Å². The molecule has 0 aliphatic carbocycles. The van der Waals surface area contributed by atoms with E-state index in [-0.39, 0.29) is 0 Å². The van der Waals surface area contributed by atoms with Crippen LogP contribution >= 0.6 is 0 Å². The summed E-state index contributed by atoms with van der Waals surface area (Å²) in [7, 11) is 0. The van der Waals surface area contributed by atoms with Crippen LogP contribution in [-0.4, -0.2) is 13.2 Å². The summed E-state index contributed by atoms with van der Waals surface area (Å²) in [6.07, 6.45) is 2.66. The fourth-order valence-corrected chi connectivity index (χ4v) is 2.27. The summed E-state index contributed by atoms with van der Waals surface area (Å²) in [6, 6.07) is 18.4. The van der Waals surface area contributed by atoms with Crippen LogP contribution in [0, 0.1) is 0 Å². The van der Waals surface area contributed by atoms with Crippen molar-refractivity contribution in [3.05, 3.63) is 66.6 Å². The van der Waals surface area contributed by atoms with Crippen molar-refractivity contribution in [3.63, 3.8) is 0 Å². The van der Waals surface area contributed by atoms with Crippen LogP contribution < -0.4 is 10.1 Å². The van der Waals surface area contributed by atoms with Crippen molar-refractivity contribution in [3.8, 4) is 5.75 Å². The Labute approximate surface area is 124 Å². The molecular formula is C18H19NO2. The van der Waals surface area contributed by atoms with E-state index in [0.29, 0.717) is 6.61 Å². The van der Waals surface area contributed by atoms with Gasteiger partial charge in [-0.05, 0) is 48.0 Å². The van der Waals surface area contributed by atoms with Crippen molar-refractivity contribution in [2.45, 2.75) is 13.0 Å². The molecule has 3 aromatic rings. The fourth-order valence-electron chi connectivity index (χ4n) is 2.27. The van der Waals surface area contributed by atoms with Gasteiger partial charge in [0.25, 0.3) is 0 Å². The summed E-state index contributed by atoms with van der Waals surface area (Å²) in [5, 5.41) is 5.78. The highest BCUT2D eigenvalue weighted by molar-refractivity contribution is 5.83. The van der Waals surface area contributed by atoms with Gasteiger partial charge in [-0.1, -0.05) is 30.3 Å². The van der Waals surface area contributed by atoms with Crippen LogP contribution in [0.15, 0.2) is 65.3 Å². The van der Waals surface area contributed by atoms with Crippen LogP contribution in [0.5, 0.6) is 5.75 Å². The SMILES string of the molecule is c1coc(CNCCCOc2ccc3ccccc3c2)c1. The number of hydrogen-bond donors (Lipinski definition) is 1. The Morgan fingerprint density at radius 3 is 2.71 bits per heavy atom. The lowest BCUT2D eigenvalue weighted by atomic mass is 10.1. The molecular weight excluding hydrogens is 262 g/mol. The Morgan fingerprint density at radius 1 is 0.952 bits per heavy atom. The molecule has 0 amide bonds. The van der Waals surface area contributed by atoms with Crippen molar-refractivity contribution in [2.75, 3.05) is 13.2 Å². The molecule has 0 saturated heterocycles. The zero-order chi connectivity index (χ0) is 14.3. The van der Waals surface area contributed by atoms with E-state index < -0.39 is 0 Å². The first kappa shape index (κ1) is 13.7. The molecule has 1 N–H and O–H groups in total. The summed E-state index contributed by atoms with van der Waals surface area (Å²) in [6.45, 7) is 2.39. The highest BCUT2D eigenvalue weighted by atomic mass is 16.5. The predicted molar refractivity (Wildman–Crippen MR) is 84.5 cm³/mol. The van der Waals surface area contributed by atoms with Crippen molar-refractivity contribution >= 4 is 10.8 Å². The minimum absolute atomic E-state index is 0.712. The fraction of sp³-hybridized carbons (Fsp3) is 0.222. The molecule has 3 heteroatoms. The average Bonchev–Trinajstić information content (AvgIpc) is 3.04. The molecule has 0 unspecified atom stereocenters. The molecule has 1 heterocycles. The third kappa shape index (κ3) is 3.86. The lowest BCUT2D eigenvalue weighted by Gasteiger charge is -2.07. The molecule has 0 aliphatic rings. The minimum Gasteiger partial charge on any atom is -0.494 e. The number of hydrogen-bond acceptors (Lipinski definition) is 3. The van der Waals surface area contributed by atoms with Crippen molar-refractivity contribution < 1.29 is 9.15 Å². The topological polar surface area (TPSA) is 34.4 Å². The van der Waals surface area contributed by atoms with Crippen molar-refractivity contribution in [1.82, 2.24) is 5.32 Å². The average molecular weight is 281 g/mol. The number of rotatable bonds is 7. The molecule has 21 heavy (non-hydrogen) atoms. The van der Waals surface area contributed by atoms with Gasteiger partial charge in [-0.25, -0.2) is 0 Å². The van der Waals surface area contributed by atoms with Gasteiger partial charge < -0.3 is 14.5 Å². The second-order valence-electron chi connectivity index (χ2n) is 4.97. The van der Waals surface area contributed by atoms with E-state index in [9.17, 15) is 0 Å². The first-order chi connectivity index (χ1) is 10.4. The standard InChI is InChI=1S/C18H19NO2/c1-2-6-16-13-17(9-8-15(16)5-1)20-12-4-10-19-14-18-7-3-11-21-18/h1-3,5-9,11,13,19H,4,10,12,14H2. The maximum atomic E-state index is 5.79.